The zero-order valence-corrected chi connectivity index (χ0v) is 11.9. The summed E-state index contributed by atoms with van der Waals surface area (Å²) in [5, 5.41) is 7.91. The number of nitrogens with one attached hydrogen (secondary N) is 1. The Morgan fingerprint density at radius 1 is 1.50 bits per heavy atom. The maximum absolute atomic E-state index is 4.23. The topological polar surface area (TPSA) is 33.1 Å². The fraction of sp³-hybridized carbons (Fsp3) is 0.786. The monoisotopic (exact) mass is 250 g/mol. The molecule has 1 aromatic heterocycles. The molecule has 0 amide bonds. The Bertz CT molecular complexity index is 374. The van der Waals surface area contributed by atoms with Crippen LogP contribution in [-0.2, 0) is 13.5 Å². The Hall–Kier alpha value is -0.870. The normalized spacial score (nSPS) is 26.2. The minimum Gasteiger partial charge on any atom is -0.310 e. The number of nitrogens with zero attached hydrogens (tertiary/aromatic N) is 3. The van der Waals surface area contributed by atoms with Crippen LogP contribution < -0.4 is 5.32 Å². The van der Waals surface area contributed by atoms with Crippen molar-refractivity contribution in [1.29, 1.82) is 0 Å². The van der Waals surface area contributed by atoms with Gasteiger partial charge in [0.2, 0.25) is 0 Å². The van der Waals surface area contributed by atoms with Gasteiger partial charge < -0.3 is 10.2 Å². The highest BCUT2D eigenvalue weighted by Gasteiger charge is 2.26. The summed E-state index contributed by atoms with van der Waals surface area (Å²) in [6, 6.07) is 2.12. The summed E-state index contributed by atoms with van der Waals surface area (Å²) in [5.74, 6) is 0. The first-order valence-corrected chi connectivity index (χ1v) is 7.07. The maximum atomic E-state index is 4.23. The Morgan fingerprint density at radius 2 is 2.33 bits per heavy atom. The molecule has 0 aromatic carbocycles. The molecular formula is C14H26N4. The summed E-state index contributed by atoms with van der Waals surface area (Å²) in [5.41, 5.74) is 1.61. The van der Waals surface area contributed by atoms with Crippen molar-refractivity contribution in [1.82, 2.24) is 20.0 Å². The van der Waals surface area contributed by atoms with Crippen molar-refractivity contribution in [2.24, 2.45) is 7.05 Å². The molecule has 0 radical (unpaired) electrons. The van der Waals surface area contributed by atoms with E-state index in [1.807, 2.05) is 17.9 Å². The Kier molecular flexibility index (Phi) is 4.40. The van der Waals surface area contributed by atoms with Crippen LogP contribution in [0.3, 0.4) is 0 Å². The summed E-state index contributed by atoms with van der Waals surface area (Å²) in [4.78, 5) is 2.59. The van der Waals surface area contributed by atoms with E-state index in [9.17, 15) is 0 Å². The molecule has 2 rings (SSSR count). The minimum absolute atomic E-state index is 0.281. The molecule has 0 aliphatic carbocycles. The van der Waals surface area contributed by atoms with Gasteiger partial charge in [0.1, 0.15) is 0 Å². The summed E-state index contributed by atoms with van der Waals surface area (Å²) < 4.78 is 1.98. The third-order valence-electron chi connectivity index (χ3n) is 4.16. The zero-order chi connectivity index (χ0) is 13.0. The van der Waals surface area contributed by atoms with E-state index >= 15 is 0 Å². The molecule has 18 heavy (non-hydrogen) atoms. The largest absolute Gasteiger partial charge is 0.310 e. The van der Waals surface area contributed by atoms with Gasteiger partial charge in [0.25, 0.3) is 0 Å². The van der Waals surface area contributed by atoms with Crippen LogP contribution in [0.5, 0.6) is 0 Å². The van der Waals surface area contributed by atoms with E-state index in [2.05, 4.69) is 35.2 Å². The first kappa shape index (κ1) is 13.6. The second kappa shape index (κ2) is 5.85. The first-order chi connectivity index (χ1) is 8.63. The highest BCUT2D eigenvalue weighted by atomic mass is 15.3. The van der Waals surface area contributed by atoms with Gasteiger partial charge in [-0.15, -0.1) is 0 Å². The molecule has 1 N–H and O–H groups in total. The van der Waals surface area contributed by atoms with Crippen LogP contribution in [0.15, 0.2) is 12.3 Å². The second-order valence-electron chi connectivity index (χ2n) is 5.67. The fourth-order valence-electron chi connectivity index (χ4n) is 2.67. The van der Waals surface area contributed by atoms with Gasteiger partial charge in [-0.25, -0.2) is 0 Å². The van der Waals surface area contributed by atoms with E-state index < -0.39 is 0 Å². The van der Waals surface area contributed by atoms with E-state index in [0.29, 0.717) is 0 Å². The van der Waals surface area contributed by atoms with Crippen LogP contribution >= 0.6 is 0 Å². The summed E-state index contributed by atoms with van der Waals surface area (Å²) in [6.45, 7) is 9.26. The third kappa shape index (κ3) is 3.33. The molecule has 0 saturated carbocycles. The van der Waals surface area contributed by atoms with Crippen LogP contribution in [-0.4, -0.2) is 46.4 Å². The molecular weight excluding hydrogens is 224 g/mol. The quantitative estimate of drug-likeness (QED) is 0.877. The van der Waals surface area contributed by atoms with E-state index in [0.717, 1.165) is 26.1 Å². The molecule has 0 spiro atoms. The summed E-state index contributed by atoms with van der Waals surface area (Å²) >= 11 is 0. The number of hydrogen-bond acceptors (Lipinski definition) is 3. The number of rotatable bonds is 4. The molecule has 4 heteroatoms. The van der Waals surface area contributed by atoms with Crippen LogP contribution in [0.4, 0.5) is 0 Å². The van der Waals surface area contributed by atoms with Crippen LogP contribution in [0.1, 0.15) is 32.4 Å². The van der Waals surface area contributed by atoms with E-state index in [4.69, 9.17) is 0 Å². The van der Waals surface area contributed by atoms with Gasteiger partial charge in [0.15, 0.2) is 0 Å². The smallest absolute Gasteiger partial charge is 0.0492 e. The van der Waals surface area contributed by atoms with Gasteiger partial charge in [-0.2, -0.15) is 5.10 Å². The molecule has 102 valence electrons. The lowest BCUT2D eigenvalue weighted by Crippen LogP contribution is -2.48. The van der Waals surface area contributed by atoms with Gasteiger partial charge in [-0.05, 0) is 38.9 Å². The van der Waals surface area contributed by atoms with E-state index in [1.54, 1.807) is 0 Å². The van der Waals surface area contributed by atoms with Crippen molar-refractivity contribution in [3.8, 4) is 0 Å². The van der Waals surface area contributed by atoms with Crippen molar-refractivity contribution in [2.45, 2.75) is 38.6 Å². The molecule has 1 atom stereocenters. The lowest BCUT2D eigenvalue weighted by Gasteiger charge is -2.32. The maximum Gasteiger partial charge on any atom is 0.0492 e. The van der Waals surface area contributed by atoms with Crippen molar-refractivity contribution in [3.05, 3.63) is 18.0 Å². The van der Waals surface area contributed by atoms with Crippen LogP contribution in [0.25, 0.3) is 0 Å². The summed E-state index contributed by atoms with van der Waals surface area (Å²) in [7, 11) is 2.02. The molecule has 1 aliphatic rings. The molecule has 1 saturated heterocycles. The molecule has 1 fully saturated rings. The predicted molar refractivity (Wildman–Crippen MR) is 74.7 cm³/mol. The Balaban J connectivity index is 1.90. The average molecular weight is 250 g/mol. The van der Waals surface area contributed by atoms with Gasteiger partial charge in [-0.1, -0.05) is 6.92 Å². The molecule has 1 unspecified atom stereocenters. The standard InChI is InChI=1S/C14H26N4/c1-4-14(2)12-18(10-5-8-15-14)11-7-13-6-9-16-17(13)3/h6,9,15H,4-5,7-8,10-12H2,1-3H3. The SMILES string of the molecule is CCC1(C)CN(CCc2ccnn2C)CCCN1. The van der Waals surface area contributed by atoms with Crippen molar-refractivity contribution in [2.75, 3.05) is 26.2 Å². The van der Waals surface area contributed by atoms with Gasteiger partial charge in [0.05, 0.1) is 0 Å². The lowest BCUT2D eigenvalue weighted by molar-refractivity contribution is 0.216. The van der Waals surface area contributed by atoms with Gasteiger partial charge >= 0.3 is 0 Å². The Labute approximate surface area is 110 Å². The summed E-state index contributed by atoms with van der Waals surface area (Å²) in [6.07, 6.45) is 5.42. The van der Waals surface area contributed by atoms with Crippen LogP contribution in [0, 0.1) is 0 Å². The van der Waals surface area contributed by atoms with Crippen molar-refractivity contribution < 1.29 is 0 Å². The molecule has 2 heterocycles. The first-order valence-electron chi connectivity index (χ1n) is 7.07. The lowest BCUT2D eigenvalue weighted by atomic mass is 9.98. The highest BCUT2D eigenvalue weighted by Crippen LogP contribution is 2.15. The predicted octanol–water partition coefficient (Wildman–Crippen LogP) is 1.43. The van der Waals surface area contributed by atoms with Crippen LogP contribution in [0.2, 0.25) is 0 Å². The zero-order valence-electron chi connectivity index (χ0n) is 11.9. The number of aryl methyl sites for hydroxylation is 1. The average Bonchev–Trinajstić information content (AvgIpc) is 2.66. The molecule has 4 nitrogen and oxygen atoms in total. The minimum atomic E-state index is 0.281. The third-order valence-corrected chi connectivity index (χ3v) is 4.16. The second-order valence-corrected chi connectivity index (χ2v) is 5.67. The van der Waals surface area contributed by atoms with Crippen molar-refractivity contribution >= 4 is 0 Å². The number of hydrogen-bond donors (Lipinski definition) is 1. The highest BCUT2D eigenvalue weighted by molar-refractivity contribution is 5.00. The van der Waals surface area contributed by atoms with E-state index in [1.165, 1.54) is 25.1 Å². The molecule has 1 aliphatic heterocycles. The fourth-order valence-corrected chi connectivity index (χ4v) is 2.67. The van der Waals surface area contributed by atoms with Gasteiger partial charge in [0, 0.05) is 44.0 Å². The van der Waals surface area contributed by atoms with Crippen molar-refractivity contribution in [3.63, 3.8) is 0 Å². The van der Waals surface area contributed by atoms with E-state index in [-0.39, 0.29) is 5.54 Å². The Morgan fingerprint density at radius 3 is 3.00 bits per heavy atom. The molecule has 0 bridgehead atoms. The number of aromatic nitrogens is 2. The molecule has 1 aromatic rings. The van der Waals surface area contributed by atoms with Gasteiger partial charge in [-0.3, -0.25) is 4.68 Å².